The summed E-state index contributed by atoms with van der Waals surface area (Å²) < 4.78 is 0. The Kier molecular flexibility index (Phi) is 4.04. The molecule has 5 nitrogen and oxygen atoms in total. The molecule has 1 aliphatic carbocycles. The second-order valence-electron chi connectivity index (χ2n) is 6.82. The highest BCUT2D eigenvalue weighted by Gasteiger charge is 2.25. The van der Waals surface area contributed by atoms with Gasteiger partial charge in [-0.2, -0.15) is 0 Å². The lowest BCUT2D eigenvalue weighted by Gasteiger charge is -2.25. The van der Waals surface area contributed by atoms with Gasteiger partial charge in [-0.25, -0.2) is 0 Å². The molecule has 0 spiro atoms. The molecule has 4 rings (SSSR count). The average molecular weight is 385 g/mol. The number of fused-ring (bicyclic) bond motifs is 2. The summed E-state index contributed by atoms with van der Waals surface area (Å²) in [5.74, 6) is -0.157. The first-order valence-corrected chi connectivity index (χ1v) is 8.77. The number of aromatic hydroxyl groups is 5. The Labute approximate surface area is 160 Å². The van der Waals surface area contributed by atoms with Gasteiger partial charge in [-0.05, 0) is 64.9 Å². The van der Waals surface area contributed by atoms with Gasteiger partial charge < -0.3 is 25.5 Å². The second-order valence-corrected chi connectivity index (χ2v) is 7.19. The summed E-state index contributed by atoms with van der Waals surface area (Å²) in [7, 11) is 0. The van der Waals surface area contributed by atoms with Crippen molar-refractivity contribution in [1.82, 2.24) is 0 Å². The Balaban J connectivity index is 1.83. The van der Waals surface area contributed by atoms with Crippen molar-refractivity contribution < 1.29 is 25.5 Å². The minimum absolute atomic E-state index is 0.0146. The molecule has 0 aliphatic heterocycles. The van der Waals surface area contributed by atoms with Crippen molar-refractivity contribution in [3.05, 3.63) is 74.8 Å². The fourth-order valence-electron chi connectivity index (χ4n) is 3.77. The average Bonchev–Trinajstić information content (AvgIpc) is 2.57. The van der Waals surface area contributed by atoms with Crippen LogP contribution in [0.25, 0.3) is 0 Å². The summed E-state index contributed by atoms with van der Waals surface area (Å²) in [6.45, 7) is 0. The molecule has 0 bridgehead atoms. The van der Waals surface area contributed by atoms with Crippen molar-refractivity contribution in [2.45, 2.75) is 19.3 Å². The maximum atomic E-state index is 10.3. The van der Waals surface area contributed by atoms with Crippen molar-refractivity contribution in [1.29, 1.82) is 0 Å². The van der Waals surface area contributed by atoms with E-state index in [-0.39, 0.29) is 33.8 Å². The molecular formula is C21H17ClO5. The smallest absolute Gasteiger partial charge is 0.134 e. The van der Waals surface area contributed by atoms with Crippen molar-refractivity contribution in [2.24, 2.45) is 0 Å². The van der Waals surface area contributed by atoms with E-state index in [0.717, 1.165) is 22.3 Å². The Hall–Kier alpha value is -3.05. The van der Waals surface area contributed by atoms with E-state index in [0.29, 0.717) is 30.4 Å². The van der Waals surface area contributed by atoms with Gasteiger partial charge in [0.25, 0.3) is 0 Å². The molecule has 3 aromatic rings. The molecule has 0 aromatic heterocycles. The molecular weight excluding hydrogens is 368 g/mol. The number of hydrogen-bond acceptors (Lipinski definition) is 5. The summed E-state index contributed by atoms with van der Waals surface area (Å²) in [6, 6.07) is 8.81. The van der Waals surface area contributed by atoms with Crippen LogP contribution in [0.3, 0.4) is 0 Å². The molecule has 6 heteroatoms. The number of halogens is 1. The van der Waals surface area contributed by atoms with E-state index in [9.17, 15) is 25.5 Å². The lowest BCUT2D eigenvalue weighted by molar-refractivity contribution is 0.444. The molecule has 27 heavy (non-hydrogen) atoms. The first kappa shape index (κ1) is 17.4. The molecule has 138 valence electrons. The first-order chi connectivity index (χ1) is 12.8. The number of rotatable bonds is 2. The third kappa shape index (κ3) is 3.11. The lowest BCUT2D eigenvalue weighted by Crippen LogP contribution is -2.11. The standard InChI is InChI=1S/C21H17ClO5/c22-21-18-5-12-4-15(25)8-19(26)17(12)9-16(18)11(6-20(21)27)1-10-2-13(23)7-14(24)3-10/h2-4,6-8,23-27H,1,5,9H2. The maximum absolute atomic E-state index is 10.3. The van der Waals surface area contributed by atoms with E-state index in [1.165, 1.54) is 12.1 Å². The van der Waals surface area contributed by atoms with Crippen LogP contribution in [0.1, 0.15) is 33.4 Å². The summed E-state index contributed by atoms with van der Waals surface area (Å²) in [5, 5.41) is 49.9. The van der Waals surface area contributed by atoms with Gasteiger partial charge in [0.2, 0.25) is 0 Å². The third-order valence-corrected chi connectivity index (χ3v) is 5.36. The number of phenolic OH excluding ortho intramolecular Hbond substituents is 5. The van der Waals surface area contributed by atoms with Crippen LogP contribution in [0.4, 0.5) is 0 Å². The Morgan fingerprint density at radius 2 is 1.33 bits per heavy atom. The molecule has 0 amide bonds. The number of hydrogen-bond donors (Lipinski definition) is 5. The molecule has 0 radical (unpaired) electrons. The minimum atomic E-state index is -0.0531. The maximum Gasteiger partial charge on any atom is 0.134 e. The van der Waals surface area contributed by atoms with Gasteiger partial charge >= 0.3 is 0 Å². The van der Waals surface area contributed by atoms with Crippen LogP contribution in [-0.2, 0) is 19.3 Å². The fourth-order valence-corrected chi connectivity index (χ4v) is 4.00. The molecule has 5 N–H and O–H groups in total. The van der Waals surface area contributed by atoms with Gasteiger partial charge in [0.1, 0.15) is 28.7 Å². The van der Waals surface area contributed by atoms with Gasteiger partial charge in [0.15, 0.2) is 0 Å². The Morgan fingerprint density at radius 1 is 0.667 bits per heavy atom. The highest BCUT2D eigenvalue weighted by Crippen LogP contribution is 2.43. The van der Waals surface area contributed by atoms with E-state index in [1.807, 2.05) is 0 Å². The first-order valence-electron chi connectivity index (χ1n) is 8.39. The van der Waals surface area contributed by atoms with Crippen LogP contribution in [0.2, 0.25) is 5.02 Å². The van der Waals surface area contributed by atoms with Gasteiger partial charge in [0, 0.05) is 24.1 Å². The van der Waals surface area contributed by atoms with E-state index in [4.69, 9.17) is 11.6 Å². The number of phenols is 5. The van der Waals surface area contributed by atoms with E-state index in [2.05, 4.69) is 0 Å². The zero-order chi connectivity index (χ0) is 19.3. The zero-order valence-electron chi connectivity index (χ0n) is 14.2. The minimum Gasteiger partial charge on any atom is -0.508 e. The van der Waals surface area contributed by atoms with Crippen molar-refractivity contribution in [2.75, 3.05) is 0 Å². The van der Waals surface area contributed by atoms with Crippen LogP contribution < -0.4 is 0 Å². The summed E-state index contributed by atoms with van der Waals surface area (Å²) in [6.07, 6.45) is 1.14. The quantitative estimate of drug-likeness (QED) is 0.360. The van der Waals surface area contributed by atoms with Crippen LogP contribution in [0.15, 0.2) is 36.4 Å². The molecule has 3 aromatic carbocycles. The van der Waals surface area contributed by atoms with Gasteiger partial charge in [-0.3, -0.25) is 0 Å². The molecule has 0 heterocycles. The predicted octanol–water partition coefficient (Wildman–Crippen LogP) is 3.95. The fraction of sp³-hybridized carbons (Fsp3) is 0.143. The zero-order valence-corrected chi connectivity index (χ0v) is 15.0. The van der Waals surface area contributed by atoms with Gasteiger partial charge in [-0.15, -0.1) is 0 Å². The van der Waals surface area contributed by atoms with Crippen LogP contribution in [-0.4, -0.2) is 25.5 Å². The van der Waals surface area contributed by atoms with E-state index < -0.39 is 0 Å². The Bertz CT molecular complexity index is 1050. The summed E-state index contributed by atoms with van der Waals surface area (Å²) >= 11 is 6.33. The van der Waals surface area contributed by atoms with E-state index >= 15 is 0 Å². The SMILES string of the molecule is Oc1cc(O)cc(Cc2cc(O)c(Cl)c3c2Cc2c(O)cc(O)cc2C3)c1. The highest BCUT2D eigenvalue weighted by atomic mass is 35.5. The molecule has 1 aliphatic rings. The monoisotopic (exact) mass is 384 g/mol. The van der Waals surface area contributed by atoms with Crippen molar-refractivity contribution in [3.8, 4) is 28.7 Å². The lowest BCUT2D eigenvalue weighted by atomic mass is 9.81. The summed E-state index contributed by atoms with van der Waals surface area (Å²) in [4.78, 5) is 0. The van der Waals surface area contributed by atoms with E-state index in [1.54, 1.807) is 24.3 Å². The van der Waals surface area contributed by atoms with Gasteiger partial charge in [-0.1, -0.05) is 11.6 Å². The Morgan fingerprint density at radius 3 is 2.04 bits per heavy atom. The van der Waals surface area contributed by atoms with Gasteiger partial charge in [0.05, 0.1) is 5.02 Å². The topological polar surface area (TPSA) is 101 Å². The number of benzene rings is 3. The molecule has 0 atom stereocenters. The second kappa shape index (κ2) is 6.28. The van der Waals surface area contributed by atoms with Crippen LogP contribution in [0.5, 0.6) is 28.7 Å². The largest absolute Gasteiger partial charge is 0.508 e. The molecule has 0 saturated heterocycles. The molecule has 0 saturated carbocycles. The third-order valence-electron chi connectivity index (χ3n) is 4.93. The molecule has 0 unspecified atom stereocenters. The predicted molar refractivity (Wildman–Crippen MR) is 101 cm³/mol. The normalized spacial score (nSPS) is 12.5. The van der Waals surface area contributed by atoms with Crippen LogP contribution >= 0.6 is 11.6 Å². The summed E-state index contributed by atoms with van der Waals surface area (Å²) in [5.41, 5.74) is 4.56. The molecule has 0 fully saturated rings. The van der Waals surface area contributed by atoms with Crippen molar-refractivity contribution in [3.63, 3.8) is 0 Å². The van der Waals surface area contributed by atoms with Crippen LogP contribution in [0, 0.1) is 0 Å². The highest BCUT2D eigenvalue weighted by molar-refractivity contribution is 6.33. The van der Waals surface area contributed by atoms with Crippen molar-refractivity contribution >= 4 is 11.6 Å².